The second-order valence-corrected chi connectivity index (χ2v) is 6.41. The Morgan fingerprint density at radius 2 is 2.19 bits per heavy atom. The fourth-order valence-electron chi connectivity index (χ4n) is 1.63. The van der Waals surface area contributed by atoms with E-state index in [1.54, 1.807) is 13.1 Å². The quantitative estimate of drug-likeness (QED) is 0.814. The summed E-state index contributed by atoms with van der Waals surface area (Å²) >= 11 is 6.94. The number of benzene rings is 1. The number of rotatable bonds is 6. The summed E-state index contributed by atoms with van der Waals surface area (Å²) in [6.07, 6.45) is 2.04. The molecule has 1 N–H and O–H groups in total. The SMILES string of the molecule is CN(CC(=O)NC1CC1)C(=O)CSc1ccc(F)c(Cl)c1. The molecule has 21 heavy (non-hydrogen) atoms. The number of likely N-dealkylation sites (N-methyl/N-ethyl adjacent to an activating group) is 1. The summed E-state index contributed by atoms with van der Waals surface area (Å²) in [4.78, 5) is 25.6. The van der Waals surface area contributed by atoms with E-state index in [1.165, 1.54) is 28.8 Å². The summed E-state index contributed by atoms with van der Waals surface area (Å²) < 4.78 is 13.0. The number of hydrogen-bond acceptors (Lipinski definition) is 3. The van der Waals surface area contributed by atoms with E-state index in [9.17, 15) is 14.0 Å². The zero-order chi connectivity index (χ0) is 15.4. The first kappa shape index (κ1) is 16.1. The summed E-state index contributed by atoms with van der Waals surface area (Å²) in [7, 11) is 1.59. The monoisotopic (exact) mass is 330 g/mol. The van der Waals surface area contributed by atoms with E-state index in [0.717, 1.165) is 12.8 Å². The summed E-state index contributed by atoms with van der Waals surface area (Å²) in [5.41, 5.74) is 0. The Hall–Kier alpha value is -1.27. The Kier molecular flexibility index (Phi) is 5.47. The van der Waals surface area contributed by atoms with E-state index in [0.29, 0.717) is 4.90 Å². The molecule has 0 aliphatic heterocycles. The van der Waals surface area contributed by atoms with Crippen LogP contribution in [0.5, 0.6) is 0 Å². The predicted octanol–water partition coefficient (Wildman–Crippen LogP) is 2.31. The highest BCUT2D eigenvalue weighted by Crippen LogP contribution is 2.24. The zero-order valence-electron chi connectivity index (χ0n) is 11.6. The number of hydrogen-bond donors (Lipinski definition) is 1. The van der Waals surface area contributed by atoms with E-state index in [-0.39, 0.29) is 35.2 Å². The average molecular weight is 331 g/mol. The van der Waals surface area contributed by atoms with E-state index in [2.05, 4.69) is 5.32 Å². The van der Waals surface area contributed by atoms with E-state index in [4.69, 9.17) is 11.6 Å². The maximum Gasteiger partial charge on any atom is 0.239 e. The second-order valence-electron chi connectivity index (χ2n) is 4.96. The van der Waals surface area contributed by atoms with Crippen LogP contribution in [-0.4, -0.2) is 42.1 Å². The summed E-state index contributed by atoms with van der Waals surface area (Å²) in [5.74, 6) is -0.606. The van der Waals surface area contributed by atoms with Crippen molar-refractivity contribution in [1.82, 2.24) is 10.2 Å². The van der Waals surface area contributed by atoms with Gasteiger partial charge in [0.1, 0.15) is 5.82 Å². The molecule has 1 aliphatic carbocycles. The normalized spacial score (nSPS) is 13.9. The highest BCUT2D eigenvalue weighted by molar-refractivity contribution is 8.00. The maximum absolute atomic E-state index is 13.0. The van der Waals surface area contributed by atoms with Gasteiger partial charge in [0.05, 0.1) is 17.3 Å². The van der Waals surface area contributed by atoms with Gasteiger partial charge in [-0.1, -0.05) is 11.6 Å². The topological polar surface area (TPSA) is 49.4 Å². The largest absolute Gasteiger partial charge is 0.352 e. The van der Waals surface area contributed by atoms with Crippen LogP contribution in [-0.2, 0) is 9.59 Å². The van der Waals surface area contributed by atoms with Gasteiger partial charge in [-0.05, 0) is 31.0 Å². The number of halogens is 2. The molecule has 2 amide bonds. The molecule has 114 valence electrons. The van der Waals surface area contributed by atoms with Gasteiger partial charge in [0.25, 0.3) is 0 Å². The molecule has 2 rings (SSSR count). The molecule has 7 heteroatoms. The molecule has 0 saturated heterocycles. The van der Waals surface area contributed by atoms with E-state index >= 15 is 0 Å². The molecule has 0 bridgehead atoms. The standard InChI is InChI=1S/C14H16ClFN2O2S/c1-18(7-13(19)17-9-2-3-9)14(20)8-21-10-4-5-12(16)11(15)6-10/h4-6,9H,2-3,7-8H2,1H3,(H,17,19). The molecule has 0 spiro atoms. The molecule has 0 atom stereocenters. The van der Waals surface area contributed by atoms with Gasteiger partial charge < -0.3 is 10.2 Å². The summed E-state index contributed by atoms with van der Waals surface area (Å²) in [5, 5.41) is 2.86. The van der Waals surface area contributed by atoms with Crippen molar-refractivity contribution in [3.8, 4) is 0 Å². The van der Waals surface area contributed by atoms with Gasteiger partial charge in [-0.2, -0.15) is 0 Å². The third-order valence-electron chi connectivity index (χ3n) is 3.00. The lowest BCUT2D eigenvalue weighted by Gasteiger charge is -2.16. The summed E-state index contributed by atoms with van der Waals surface area (Å²) in [6, 6.07) is 4.60. The molecular formula is C14H16ClFN2O2S. The lowest BCUT2D eigenvalue weighted by molar-refractivity contribution is -0.132. The van der Waals surface area contributed by atoms with Gasteiger partial charge in [0.15, 0.2) is 0 Å². The van der Waals surface area contributed by atoms with Gasteiger partial charge in [0.2, 0.25) is 11.8 Å². The van der Waals surface area contributed by atoms with Crippen LogP contribution in [0.4, 0.5) is 4.39 Å². The van der Waals surface area contributed by atoms with Crippen LogP contribution in [0.15, 0.2) is 23.1 Å². The number of carbonyl (C=O) groups excluding carboxylic acids is 2. The smallest absolute Gasteiger partial charge is 0.239 e. The number of amides is 2. The Morgan fingerprint density at radius 1 is 1.48 bits per heavy atom. The molecule has 0 radical (unpaired) electrons. The van der Waals surface area contributed by atoms with Gasteiger partial charge in [-0.15, -0.1) is 11.8 Å². The zero-order valence-corrected chi connectivity index (χ0v) is 13.1. The van der Waals surface area contributed by atoms with Crippen LogP contribution in [0.3, 0.4) is 0 Å². The van der Waals surface area contributed by atoms with Gasteiger partial charge in [0, 0.05) is 18.0 Å². The highest BCUT2D eigenvalue weighted by Gasteiger charge is 2.24. The van der Waals surface area contributed by atoms with Crippen LogP contribution in [0, 0.1) is 5.82 Å². The molecule has 4 nitrogen and oxygen atoms in total. The van der Waals surface area contributed by atoms with Gasteiger partial charge in [-0.25, -0.2) is 4.39 Å². The van der Waals surface area contributed by atoms with Crippen LogP contribution < -0.4 is 5.32 Å². The average Bonchev–Trinajstić information content (AvgIpc) is 3.23. The van der Waals surface area contributed by atoms with Crippen molar-refractivity contribution in [2.24, 2.45) is 0 Å². The number of nitrogens with one attached hydrogen (secondary N) is 1. The van der Waals surface area contributed by atoms with Crippen molar-refractivity contribution < 1.29 is 14.0 Å². The molecule has 0 heterocycles. The fraction of sp³-hybridized carbons (Fsp3) is 0.429. The van der Waals surface area contributed by atoms with Crippen LogP contribution in [0.25, 0.3) is 0 Å². The summed E-state index contributed by atoms with van der Waals surface area (Å²) in [6.45, 7) is 0.0556. The minimum atomic E-state index is -0.485. The lowest BCUT2D eigenvalue weighted by Crippen LogP contribution is -2.39. The van der Waals surface area contributed by atoms with E-state index < -0.39 is 5.82 Å². The van der Waals surface area contributed by atoms with Crippen molar-refractivity contribution in [2.75, 3.05) is 19.3 Å². The van der Waals surface area contributed by atoms with Crippen LogP contribution in [0.2, 0.25) is 5.02 Å². The van der Waals surface area contributed by atoms with Gasteiger partial charge in [-0.3, -0.25) is 9.59 Å². The lowest BCUT2D eigenvalue weighted by atomic mass is 10.3. The third kappa shape index (κ3) is 5.21. The Balaban J connectivity index is 1.77. The molecule has 0 unspecified atom stereocenters. The predicted molar refractivity (Wildman–Crippen MR) is 80.9 cm³/mol. The minimum Gasteiger partial charge on any atom is -0.352 e. The first-order chi connectivity index (χ1) is 9.95. The molecular weight excluding hydrogens is 315 g/mol. The van der Waals surface area contributed by atoms with Crippen LogP contribution in [0.1, 0.15) is 12.8 Å². The highest BCUT2D eigenvalue weighted by atomic mass is 35.5. The van der Waals surface area contributed by atoms with Crippen molar-refractivity contribution in [2.45, 2.75) is 23.8 Å². The molecule has 1 aliphatic rings. The van der Waals surface area contributed by atoms with E-state index in [1.807, 2.05) is 0 Å². The Labute approximate surface area is 132 Å². The number of carbonyl (C=O) groups is 2. The van der Waals surface area contributed by atoms with Crippen molar-refractivity contribution in [3.05, 3.63) is 29.0 Å². The number of thioether (sulfide) groups is 1. The molecule has 1 fully saturated rings. The molecule has 1 aromatic carbocycles. The first-order valence-corrected chi connectivity index (χ1v) is 7.93. The van der Waals surface area contributed by atoms with Crippen molar-refractivity contribution >= 4 is 35.2 Å². The third-order valence-corrected chi connectivity index (χ3v) is 4.27. The Morgan fingerprint density at radius 3 is 2.81 bits per heavy atom. The maximum atomic E-state index is 13.0. The molecule has 1 saturated carbocycles. The van der Waals surface area contributed by atoms with Crippen molar-refractivity contribution in [1.29, 1.82) is 0 Å². The second kappa shape index (κ2) is 7.13. The number of nitrogens with zero attached hydrogens (tertiary/aromatic N) is 1. The van der Waals surface area contributed by atoms with Crippen molar-refractivity contribution in [3.63, 3.8) is 0 Å². The molecule has 0 aromatic heterocycles. The molecule has 1 aromatic rings. The fourth-order valence-corrected chi connectivity index (χ4v) is 2.75. The Bertz CT molecular complexity index is 552. The minimum absolute atomic E-state index is 0.0321. The first-order valence-electron chi connectivity index (χ1n) is 6.57. The van der Waals surface area contributed by atoms with Gasteiger partial charge >= 0.3 is 0 Å². The van der Waals surface area contributed by atoms with Crippen LogP contribution >= 0.6 is 23.4 Å².